The number of aliphatic hydroxyl groups excluding tert-OH is 1. The zero-order chi connectivity index (χ0) is 7.61. The van der Waals surface area contributed by atoms with Gasteiger partial charge >= 0.3 is 0 Å². The van der Waals surface area contributed by atoms with Gasteiger partial charge in [0.15, 0.2) is 0 Å². The van der Waals surface area contributed by atoms with Crippen LogP contribution in [0.15, 0.2) is 0 Å². The van der Waals surface area contributed by atoms with Crippen LogP contribution in [0.4, 0.5) is 4.39 Å². The monoisotopic (exact) mass is 147 g/mol. The van der Waals surface area contributed by atoms with Gasteiger partial charge in [0, 0.05) is 13.1 Å². The van der Waals surface area contributed by atoms with Gasteiger partial charge in [0.05, 0.1) is 6.61 Å². The lowest BCUT2D eigenvalue weighted by Gasteiger charge is -2.32. The van der Waals surface area contributed by atoms with E-state index in [-0.39, 0.29) is 6.61 Å². The molecule has 0 unspecified atom stereocenters. The van der Waals surface area contributed by atoms with E-state index in [2.05, 4.69) is 4.90 Å². The molecule has 1 rings (SSSR count). The number of alkyl halides is 1. The summed E-state index contributed by atoms with van der Waals surface area (Å²) < 4.78 is 13.2. The Morgan fingerprint density at radius 1 is 1.50 bits per heavy atom. The molecule has 10 heavy (non-hydrogen) atoms. The van der Waals surface area contributed by atoms with Crippen LogP contribution in [0.1, 0.15) is 12.8 Å². The van der Waals surface area contributed by atoms with Crippen LogP contribution in [-0.4, -0.2) is 42.4 Å². The van der Waals surface area contributed by atoms with E-state index < -0.39 is 5.67 Å². The minimum Gasteiger partial charge on any atom is -0.393 e. The summed E-state index contributed by atoms with van der Waals surface area (Å²) in [5.41, 5.74) is -1.29. The summed E-state index contributed by atoms with van der Waals surface area (Å²) in [4.78, 5) is 2.08. The smallest absolute Gasteiger partial charge is 0.136 e. The summed E-state index contributed by atoms with van der Waals surface area (Å²) in [5.74, 6) is 0. The van der Waals surface area contributed by atoms with E-state index in [4.69, 9.17) is 5.11 Å². The van der Waals surface area contributed by atoms with Crippen molar-refractivity contribution >= 4 is 0 Å². The molecule has 0 saturated carbocycles. The van der Waals surface area contributed by atoms with Crippen LogP contribution in [0, 0.1) is 0 Å². The molecule has 0 aromatic heterocycles. The van der Waals surface area contributed by atoms with Gasteiger partial charge in [-0.25, -0.2) is 4.39 Å². The van der Waals surface area contributed by atoms with Gasteiger partial charge < -0.3 is 10.0 Å². The van der Waals surface area contributed by atoms with Crippen molar-refractivity contribution in [3.63, 3.8) is 0 Å². The van der Waals surface area contributed by atoms with Gasteiger partial charge in [-0.1, -0.05) is 0 Å². The van der Waals surface area contributed by atoms with Crippen LogP contribution in [0.25, 0.3) is 0 Å². The average molecular weight is 147 g/mol. The number of hydrogen-bond donors (Lipinski definition) is 1. The van der Waals surface area contributed by atoms with Gasteiger partial charge in [-0.05, 0) is 19.9 Å². The zero-order valence-corrected chi connectivity index (χ0v) is 6.31. The fraction of sp³-hybridized carbons (Fsp3) is 1.00. The van der Waals surface area contributed by atoms with Crippen LogP contribution in [-0.2, 0) is 0 Å². The van der Waals surface area contributed by atoms with Gasteiger partial charge in [0.25, 0.3) is 0 Å². The molecule has 1 aliphatic heterocycles. The van der Waals surface area contributed by atoms with Crippen molar-refractivity contribution < 1.29 is 9.50 Å². The van der Waals surface area contributed by atoms with E-state index in [0.717, 1.165) is 13.1 Å². The highest BCUT2D eigenvalue weighted by Gasteiger charge is 2.32. The molecule has 0 aromatic rings. The number of aliphatic hydroxyl groups is 1. The summed E-state index contributed by atoms with van der Waals surface area (Å²) in [7, 11) is 1.97. The van der Waals surface area contributed by atoms with E-state index in [9.17, 15) is 4.39 Å². The van der Waals surface area contributed by atoms with Crippen molar-refractivity contribution in [2.45, 2.75) is 18.5 Å². The van der Waals surface area contributed by atoms with Gasteiger partial charge in [0.2, 0.25) is 0 Å². The first kappa shape index (κ1) is 7.95. The van der Waals surface area contributed by atoms with E-state index in [1.165, 1.54) is 0 Å². The lowest BCUT2D eigenvalue weighted by Crippen LogP contribution is -2.41. The number of piperidine rings is 1. The molecule has 1 fully saturated rings. The van der Waals surface area contributed by atoms with Crippen molar-refractivity contribution in [3.05, 3.63) is 0 Å². The highest BCUT2D eigenvalue weighted by molar-refractivity contribution is 4.84. The third-order valence-corrected chi connectivity index (χ3v) is 2.17. The van der Waals surface area contributed by atoms with Gasteiger partial charge in [-0.2, -0.15) is 0 Å². The molecule has 3 heteroatoms. The number of likely N-dealkylation sites (tertiary alicyclic amines) is 1. The van der Waals surface area contributed by atoms with Crippen molar-refractivity contribution in [1.29, 1.82) is 0 Å². The summed E-state index contributed by atoms with van der Waals surface area (Å²) in [6, 6.07) is 0. The molecule has 0 spiro atoms. The molecular formula is C7H14FNO. The first-order valence-electron chi connectivity index (χ1n) is 3.65. The van der Waals surface area contributed by atoms with Crippen molar-refractivity contribution in [2.75, 3.05) is 26.7 Å². The summed E-state index contributed by atoms with van der Waals surface area (Å²) in [6.45, 7) is 1.20. The standard InChI is InChI=1S/C7H14FNO/c1-9-4-2-7(8,6-10)3-5-9/h10H,2-6H2,1H3. The second kappa shape index (κ2) is 2.84. The first-order valence-corrected chi connectivity index (χ1v) is 3.65. The maximum atomic E-state index is 13.2. The van der Waals surface area contributed by atoms with Gasteiger partial charge in [-0.15, -0.1) is 0 Å². The Bertz CT molecular complexity index is 110. The normalized spacial score (nSPS) is 26.7. The maximum absolute atomic E-state index is 13.2. The molecule has 1 heterocycles. The highest BCUT2D eigenvalue weighted by atomic mass is 19.1. The first-order chi connectivity index (χ1) is 4.66. The highest BCUT2D eigenvalue weighted by Crippen LogP contribution is 2.24. The molecular weight excluding hydrogens is 133 g/mol. The van der Waals surface area contributed by atoms with E-state index >= 15 is 0 Å². The number of halogens is 1. The fourth-order valence-corrected chi connectivity index (χ4v) is 1.18. The zero-order valence-electron chi connectivity index (χ0n) is 6.31. The summed E-state index contributed by atoms with van der Waals surface area (Å²) in [6.07, 6.45) is 0.944. The van der Waals surface area contributed by atoms with Crippen LogP contribution < -0.4 is 0 Å². The van der Waals surface area contributed by atoms with Gasteiger partial charge in [-0.3, -0.25) is 0 Å². The molecule has 0 bridgehead atoms. The lowest BCUT2D eigenvalue weighted by atomic mass is 9.95. The molecule has 0 atom stereocenters. The molecule has 0 radical (unpaired) electrons. The van der Waals surface area contributed by atoms with Crippen molar-refractivity contribution in [3.8, 4) is 0 Å². The van der Waals surface area contributed by atoms with Crippen molar-refractivity contribution in [1.82, 2.24) is 4.90 Å². The third kappa shape index (κ3) is 1.67. The van der Waals surface area contributed by atoms with E-state index in [0.29, 0.717) is 12.8 Å². The third-order valence-electron chi connectivity index (χ3n) is 2.17. The second-order valence-electron chi connectivity index (χ2n) is 3.11. The molecule has 1 saturated heterocycles. The molecule has 0 aliphatic carbocycles. The summed E-state index contributed by atoms with van der Waals surface area (Å²) in [5, 5.41) is 8.64. The molecule has 1 N–H and O–H groups in total. The number of nitrogens with zero attached hydrogens (tertiary/aromatic N) is 1. The predicted molar refractivity (Wildman–Crippen MR) is 37.7 cm³/mol. The summed E-state index contributed by atoms with van der Waals surface area (Å²) >= 11 is 0. The fourth-order valence-electron chi connectivity index (χ4n) is 1.18. The Kier molecular flexibility index (Phi) is 2.26. The van der Waals surface area contributed by atoms with Crippen LogP contribution in [0.3, 0.4) is 0 Å². The number of hydrogen-bond acceptors (Lipinski definition) is 2. The molecule has 0 aromatic carbocycles. The Morgan fingerprint density at radius 3 is 2.40 bits per heavy atom. The Labute approximate surface area is 60.6 Å². The maximum Gasteiger partial charge on any atom is 0.136 e. The minimum absolute atomic E-state index is 0.319. The van der Waals surface area contributed by atoms with Crippen molar-refractivity contribution in [2.24, 2.45) is 0 Å². The average Bonchev–Trinajstić information content (AvgIpc) is 1.96. The molecule has 60 valence electrons. The molecule has 1 aliphatic rings. The molecule has 0 amide bonds. The topological polar surface area (TPSA) is 23.5 Å². The Hall–Kier alpha value is -0.150. The minimum atomic E-state index is -1.29. The second-order valence-corrected chi connectivity index (χ2v) is 3.11. The van der Waals surface area contributed by atoms with Crippen LogP contribution in [0.5, 0.6) is 0 Å². The lowest BCUT2D eigenvalue weighted by molar-refractivity contribution is 0.0152. The van der Waals surface area contributed by atoms with Gasteiger partial charge in [0.1, 0.15) is 5.67 Å². The Balaban J connectivity index is 2.38. The van der Waals surface area contributed by atoms with E-state index in [1.54, 1.807) is 0 Å². The molecule has 2 nitrogen and oxygen atoms in total. The SMILES string of the molecule is CN1CCC(F)(CO)CC1. The largest absolute Gasteiger partial charge is 0.393 e. The van der Waals surface area contributed by atoms with Crippen LogP contribution >= 0.6 is 0 Å². The van der Waals surface area contributed by atoms with E-state index in [1.807, 2.05) is 7.05 Å². The Morgan fingerprint density at radius 2 is 2.00 bits per heavy atom. The quantitative estimate of drug-likeness (QED) is 0.580. The van der Waals surface area contributed by atoms with Crippen LogP contribution in [0.2, 0.25) is 0 Å². The predicted octanol–water partition coefficient (Wildman–Crippen LogP) is 0.413. The number of rotatable bonds is 1.